The van der Waals surface area contributed by atoms with Gasteiger partial charge in [-0.25, -0.2) is 13.4 Å². The summed E-state index contributed by atoms with van der Waals surface area (Å²) in [5.41, 5.74) is 1.65. The molecule has 2 atom stereocenters. The van der Waals surface area contributed by atoms with Crippen molar-refractivity contribution in [2.24, 2.45) is 11.0 Å². The number of rotatable bonds is 8. The molecule has 3 heterocycles. The summed E-state index contributed by atoms with van der Waals surface area (Å²) in [6.07, 6.45) is 2.03. The molecule has 0 saturated carbocycles. The topological polar surface area (TPSA) is 81.1 Å². The number of pyridine rings is 1. The Morgan fingerprint density at radius 2 is 1.76 bits per heavy atom. The number of hydrogen-bond donors (Lipinski definition) is 1. The maximum absolute atomic E-state index is 14.5. The van der Waals surface area contributed by atoms with Gasteiger partial charge in [-0.15, -0.1) is 4.31 Å². The van der Waals surface area contributed by atoms with Gasteiger partial charge >= 0.3 is 6.55 Å². The van der Waals surface area contributed by atoms with Crippen LogP contribution in [0.1, 0.15) is 27.2 Å². The van der Waals surface area contributed by atoms with E-state index >= 15 is 0 Å². The van der Waals surface area contributed by atoms with E-state index < -0.39 is 33.6 Å². The molecule has 0 bridgehead atoms. The zero-order valence-corrected chi connectivity index (χ0v) is 24.0. The standard InChI is InChI=1S/C25H32Cl2F2N6O2S/c1-15(2)11-21-23(16(3)33(4)32-21)35(25(28)29)38(36,37)24-19(26)12-18(13-20(24)27)17-5-6-31-22(14-17)34-9-7-30-8-10-34/h5-6,12-16,23,25,30H,7-11H2,1-4H3. The predicted molar refractivity (Wildman–Crippen MR) is 148 cm³/mol. The average Bonchev–Trinajstić information content (AvgIpc) is 3.11. The Bertz CT molecular complexity index is 1280. The lowest BCUT2D eigenvalue weighted by Gasteiger charge is -2.32. The van der Waals surface area contributed by atoms with E-state index in [0.29, 0.717) is 17.7 Å². The first kappa shape index (κ1) is 28.9. The number of alkyl halides is 2. The molecule has 2 aromatic rings. The van der Waals surface area contributed by atoms with Gasteiger partial charge in [-0.2, -0.15) is 13.9 Å². The van der Waals surface area contributed by atoms with Gasteiger partial charge in [-0.05, 0) is 54.7 Å². The minimum Gasteiger partial charge on any atom is -0.354 e. The van der Waals surface area contributed by atoms with Crippen LogP contribution in [0.5, 0.6) is 0 Å². The van der Waals surface area contributed by atoms with Gasteiger partial charge in [0.15, 0.2) is 0 Å². The van der Waals surface area contributed by atoms with Crippen LogP contribution in [0.3, 0.4) is 0 Å². The van der Waals surface area contributed by atoms with Crippen molar-refractivity contribution in [3.8, 4) is 11.1 Å². The molecule has 1 saturated heterocycles. The first-order valence-electron chi connectivity index (χ1n) is 12.4. The Hall–Kier alpha value is -2.05. The highest BCUT2D eigenvalue weighted by Gasteiger charge is 2.48. The monoisotopic (exact) mass is 588 g/mol. The highest BCUT2D eigenvalue weighted by Crippen LogP contribution is 2.40. The number of aromatic nitrogens is 1. The normalized spacial score (nSPS) is 20.7. The second-order valence-electron chi connectivity index (χ2n) is 9.97. The molecule has 2 aliphatic rings. The molecule has 2 aliphatic heterocycles. The second-order valence-corrected chi connectivity index (χ2v) is 12.6. The largest absolute Gasteiger partial charge is 0.354 e. The van der Waals surface area contributed by atoms with Crippen LogP contribution in [0.2, 0.25) is 10.0 Å². The van der Waals surface area contributed by atoms with Crippen molar-refractivity contribution >= 4 is 44.8 Å². The summed E-state index contributed by atoms with van der Waals surface area (Å²) in [7, 11) is -3.17. The SMILES string of the molecule is CC(C)CC1=NN(C)C(C)C1N(C(F)F)S(=O)(=O)c1c(Cl)cc(-c2ccnc(N3CCNCC3)c2)cc1Cl. The molecule has 2 unspecified atom stereocenters. The Labute approximate surface area is 232 Å². The lowest BCUT2D eigenvalue weighted by molar-refractivity contribution is 0.0103. The lowest BCUT2D eigenvalue weighted by atomic mass is 9.98. The molecule has 4 rings (SSSR count). The number of benzene rings is 1. The summed E-state index contributed by atoms with van der Waals surface area (Å²) < 4.78 is 56.8. The van der Waals surface area contributed by atoms with Crippen molar-refractivity contribution in [3.05, 3.63) is 40.5 Å². The van der Waals surface area contributed by atoms with Crippen LogP contribution in [0.25, 0.3) is 11.1 Å². The first-order valence-corrected chi connectivity index (χ1v) is 14.6. The number of halogens is 4. The molecule has 0 radical (unpaired) electrons. The molecule has 1 N–H and O–H groups in total. The van der Waals surface area contributed by atoms with E-state index in [0.717, 1.165) is 37.6 Å². The maximum Gasteiger partial charge on any atom is 0.308 e. The number of anilines is 1. The molecular formula is C25H32Cl2F2N6O2S. The zero-order valence-electron chi connectivity index (χ0n) is 21.7. The Kier molecular flexibility index (Phi) is 8.83. The predicted octanol–water partition coefficient (Wildman–Crippen LogP) is 4.78. The van der Waals surface area contributed by atoms with Crippen LogP contribution in [0.15, 0.2) is 40.5 Å². The number of sulfonamides is 1. The molecule has 0 aliphatic carbocycles. The van der Waals surface area contributed by atoms with Gasteiger partial charge in [0.25, 0.3) is 10.0 Å². The summed E-state index contributed by atoms with van der Waals surface area (Å²) in [6.45, 7) is 5.46. The van der Waals surface area contributed by atoms with E-state index in [4.69, 9.17) is 23.2 Å². The van der Waals surface area contributed by atoms with Crippen LogP contribution in [0.4, 0.5) is 14.6 Å². The van der Waals surface area contributed by atoms with E-state index in [1.807, 2.05) is 19.9 Å². The van der Waals surface area contributed by atoms with Crippen molar-refractivity contribution in [1.29, 1.82) is 0 Å². The van der Waals surface area contributed by atoms with Gasteiger partial charge in [0, 0.05) is 39.4 Å². The number of hydrogen-bond acceptors (Lipinski definition) is 7. The number of likely N-dealkylation sites (N-methyl/N-ethyl adjacent to an activating group) is 1. The van der Waals surface area contributed by atoms with E-state index in [-0.39, 0.29) is 20.3 Å². The van der Waals surface area contributed by atoms with Crippen LogP contribution in [-0.4, -0.2) is 80.3 Å². The number of hydrazone groups is 1. The molecule has 0 amide bonds. The molecule has 0 spiro atoms. The number of nitrogens with zero attached hydrogens (tertiary/aromatic N) is 5. The van der Waals surface area contributed by atoms with Gasteiger partial charge in [-0.3, -0.25) is 5.01 Å². The average molecular weight is 590 g/mol. The molecule has 208 valence electrons. The summed E-state index contributed by atoms with van der Waals surface area (Å²) in [5.74, 6) is 0.864. The van der Waals surface area contributed by atoms with Crippen LogP contribution in [0, 0.1) is 5.92 Å². The Morgan fingerprint density at radius 3 is 2.34 bits per heavy atom. The number of nitrogens with one attached hydrogen (secondary N) is 1. The summed E-state index contributed by atoms with van der Waals surface area (Å²) in [4.78, 5) is 6.04. The van der Waals surface area contributed by atoms with Crippen LogP contribution in [-0.2, 0) is 10.0 Å². The van der Waals surface area contributed by atoms with Crippen molar-refractivity contribution in [2.75, 3.05) is 38.1 Å². The van der Waals surface area contributed by atoms with Gasteiger partial charge < -0.3 is 10.2 Å². The van der Waals surface area contributed by atoms with E-state index in [9.17, 15) is 17.2 Å². The van der Waals surface area contributed by atoms with E-state index in [1.165, 1.54) is 17.1 Å². The third-order valence-corrected chi connectivity index (χ3v) is 9.53. The summed E-state index contributed by atoms with van der Waals surface area (Å²) in [6, 6.07) is 4.74. The fourth-order valence-electron chi connectivity index (χ4n) is 4.89. The van der Waals surface area contributed by atoms with E-state index in [2.05, 4.69) is 20.3 Å². The summed E-state index contributed by atoms with van der Waals surface area (Å²) in [5, 5.41) is 8.71. The molecule has 13 heteroatoms. The molecule has 8 nitrogen and oxygen atoms in total. The molecular weight excluding hydrogens is 557 g/mol. The summed E-state index contributed by atoms with van der Waals surface area (Å²) >= 11 is 13.0. The quantitative estimate of drug-likeness (QED) is 0.447. The minimum atomic E-state index is -4.81. The molecule has 1 aromatic heterocycles. The van der Waals surface area contributed by atoms with Gasteiger partial charge in [-0.1, -0.05) is 37.0 Å². The van der Waals surface area contributed by atoms with Crippen molar-refractivity contribution in [3.63, 3.8) is 0 Å². The molecule has 1 fully saturated rings. The smallest absolute Gasteiger partial charge is 0.308 e. The van der Waals surface area contributed by atoms with Gasteiger partial charge in [0.05, 0.1) is 27.8 Å². The second kappa shape index (κ2) is 11.6. The Balaban J connectivity index is 1.73. The minimum absolute atomic E-state index is 0.0927. The van der Waals surface area contributed by atoms with Gasteiger partial charge in [0.1, 0.15) is 10.7 Å². The van der Waals surface area contributed by atoms with Crippen molar-refractivity contribution in [2.45, 2.75) is 50.7 Å². The fourth-order valence-corrected chi connectivity index (χ4v) is 7.59. The molecule has 1 aromatic carbocycles. The fraction of sp³-hybridized carbons (Fsp3) is 0.520. The third kappa shape index (κ3) is 5.77. The van der Waals surface area contributed by atoms with Crippen molar-refractivity contribution in [1.82, 2.24) is 19.6 Å². The molecule has 38 heavy (non-hydrogen) atoms. The highest BCUT2D eigenvalue weighted by atomic mass is 35.5. The van der Waals surface area contributed by atoms with Crippen LogP contribution < -0.4 is 10.2 Å². The number of piperazine rings is 1. The van der Waals surface area contributed by atoms with Gasteiger partial charge in [0.2, 0.25) is 0 Å². The lowest BCUT2D eigenvalue weighted by Crippen LogP contribution is -2.52. The highest BCUT2D eigenvalue weighted by molar-refractivity contribution is 7.89. The Morgan fingerprint density at radius 1 is 1.13 bits per heavy atom. The van der Waals surface area contributed by atoms with Crippen molar-refractivity contribution < 1.29 is 17.2 Å². The van der Waals surface area contributed by atoms with Crippen LogP contribution >= 0.6 is 23.2 Å². The van der Waals surface area contributed by atoms with E-state index in [1.54, 1.807) is 26.2 Å². The maximum atomic E-state index is 14.5. The first-order chi connectivity index (χ1) is 17.9. The third-order valence-electron chi connectivity index (χ3n) is 6.81. The zero-order chi connectivity index (χ0) is 27.8.